The third-order valence-corrected chi connectivity index (χ3v) is 5.94. The third-order valence-electron chi connectivity index (χ3n) is 5.65. The molecule has 1 N–H and O–H groups in total. The first-order valence-corrected chi connectivity index (χ1v) is 10.3. The van der Waals surface area contributed by atoms with Crippen LogP contribution in [0.4, 0.5) is 19.0 Å². The second-order valence-corrected chi connectivity index (χ2v) is 8.03. The molecule has 33 heavy (non-hydrogen) atoms. The average molecular weight is 485 g/mol. The number of amides is 2. The van der Waals surface area contributed by atoms with E-state index in [0.29, 0.717) is 11.9 Å². The van der Waals surface area contributed by atoms with Crippen molar-refractivity contribution >= 4 is 29.2 Å². The molecule has 2 fully saturated rings. The van der Waals surface area contributed by atoms with Crippen LogP contribution in [0.5, 0.6) is 5.75 Å². The Balaban J connectivity index is 1.43. The van der Waals surface area contributed by atoms with Gasteiger partial charge in [-0.2, -0.15) is 18.2 Å². The Morgan fingerprint density at radius 2 is 1.91 bits per heavy atom. The van der Waals surface area contributed by atoms with E-state index >= 15 is 0 Å². The maximum Gasteiger partial charge on any atom is 0.417 e. The lowest BCUT2D eigenvalue weighted by molar-refractivity contribution is -0.169. The van der Waals surface area contributed by atoms with E-state index in [1.165, 1.54) is 5.06 Å². The predicted molar refractivity (Wildman–Crippen MR) is 111 cm³/mol. The molecule has 0 saturated carbocycles. The minimum Gasteiger partial charge on any atom is -0.497 e. The molecule has 0 radical (unpaired) electrons. The number of pyridine rings is 1. The molecule has 1 aromatic carbocycles. The van der Waals surface area contributed by atoms with Crippen molar-refractivity contribution < 1.29 is 32.3 Å². The van der Waals surface area contributed by atoms with Gasteiger partial charge in [-0.25, -0.2) is 4.98 Å². The van der Waals surface area contributed by atoms with E-state index in [2.05, 4.69) is 10.3 Å². The summed E-state index contributed by atoms with van der Waals surface area (Å²) in [5, 5.41) is 4.06. The fourth-order valence-electron chi connectivity index (χ4n) is 4.06. The molecule has 2 aromatic rings. The van der Waals surface area contributed by atoms with Crippen molar-refractivity contribution in [3.8, 4) is 5.75 Å². The van der Waals surface area contributed by atoms with Gasteiger partial charge in [-0.05, 0) is 23.8 Å². The maximum atomic E-state index is 13.1. The van der Waals surface area contributed by atoms with E-state index in [1.54, 1.807) is 26.3 Å². The molecule has 12 heteroatoms. The van der Waals surface area contributed by atoms with Gasteiger partial charge in [-0.1, -0.05) is 23.7 Å². The number of nitrogens with zero attached hydrogens (tertiary/aromatic N) is 3. The Labute approximate surface area is 192 Å². The van der Waals surface area contributed by atoms with E-state index < -0.39 is 35.7 Å². The molecule has 4 rings (SSSR count). The van der Waals surface area contributed by atoms with Crippen molar-refractivity contribution in [3.63, 3.8) is 0 Å². The number of likely N-dealkylation sites (tertiary alicyclic amines) is 1. The number of hydroxylamine groups is 2. The highest BCUT2D eigenvalue weighted by molar-refractivity contribution is 6.33. The van der Waals surface area contributed by atoms with Crippen LogP contribution in [-0.2, 0) is 20.6 Å². The Hall–Kier alpha value is -2.89. The number of halogens is 4. The van der Waals surface area contributed by atoms with Crippen LogP contribution < -0.4 is 10.1 Å². The molecule has 2 aliphatic rings. The molecule has 2 amide bonds. The number of benzene rings is 1. The van der Waals surface area contributed by atoms with E-state index in [-0.39, 0.29) is 29.8 Å². The van der Waals surface area contributed by atoms with Gasteiger partial charge in [0, 0.05) is 26.3 Å². The number of anilines is 1. The molecule has 176 valence electrons. The summed E-state index contributed by atoms with van der Waals surface area (Å²) in [6, 6.07) is 7.45. The number of hydrogen-bond acceptors (Lipinski definition) is 7. The van der Waals surface area contributed by atoms with Gasteiger partial charge in [0.2, 0.25) is 5.91 Å². The summed E-state index contributed by atoms with van der Waals surface area (Å²) in [4.78, 5) is 36.4. The van der Waals surface area contributed by atoms with Crippen molar-refractivity contribution in [1.29, 1.82) is 0 Å². The molecule has 2 aliphatic heterocycles. The van der Waals surface area contributed by atoms with Crippen LogP contribution in [0.25, 0.3) is 0 Å². The van der Waals surface area contributed by atoms with Gasteiger partial charge in [-0.3, -0.25) is 19.3 Å². The number of carbonyl (C=O) groups excluding carboxylic acids is 2. The number of imide groups is 1. The topological polar surface area (TPSA) is 84.0 Å². The van der Waals surface area contributed by atoms with Crippen LogP contribution in [0.3, 0.4) is 0 Å². The smallest absolute Gasteiger partial charge is 0.417 e. The highest BCUT2D eigenvalue weighted by Crippen LogP contribution is 2.43. The van der Waals surface area contributed by atoms with Crippen LogP contribution in [-0.4, -0.2) is 60.1 Å². The van der Waals surface area contributed by atoms with Gasteiger partial charge >= 0.3 is 6.18 Å². The Bertz CT molecular complexity index is 1070. The highest BCUT2D eigenvalue weighted by Gasteiger charge is 2.58. The summed E-state index contributed by atoms with van der Waals surface area (Å²) >= 11 is 5.88. The first-order chi connectivity index (χ1) is 15.6. The number of hydrogen-bond donors (Lipinski definition) is 1. The lowest BCUT2D eigenvalue weighted by Gasteiger charge is -2.24. The van der Waals surface area contributed by atoms with Gasteiger partial charge in [0.15, 0.2) is 6.10 Å². The van der Waals surface area contributed by atoms with Crippen molar-refractivity contribution in [2.24, 2.45) is 5.92 Å². The lowest BCUT2D eigenvalue weighted by Crippen LogP contribution is -2.39. The Morgan fingerprint density at radius 3 is 2.52 bits per heavy atom. The zero-order chi connectivity index (χ0) is 23.9. The number of aromatic nitrogens is 1. The van der Waals surface area contributed by atoms with Gasteiger partial charge in [0.05, 0.1) is 29.7 Å². The number of nitrogens with one attached hydrogen (secondary N) is 1. The number of carbonyl (C=O) groups is 2. The van der Waals surface area contributed by atoms with Gasteiger partial charge in [0.25, 0.3) is 5.91 Å². The molecule has 0 aliphatic carbocycles. The molecule has 0 unspecified atom stereocenters. The predicted octanol–water partition coefficient (Wildman–Crippen LogP) is 3.15. The van der Waals surface area contributed by atoms with E-state index in [1.807, 2.05) is 12.1 Å². The number of ether oxygens (including phenoxy) is 1. The van der Waals surface area contributed by atoms with Crippen LogP contribution in [0, 0.1) is 5.92 Å². The summed E-state index contributed by atoms with van der Waals surface area (Å²) in [5.74, 6) is -0.891. The fourth-order valence-corrected chi connectivity index (χ4v) is 4.29. The highest BCUT2D eigenvalue weighted by atomic mass is 35.5. The Kier molecular flexibility index (Phi) is 6.21. The first kappa shape index (κ1) is 23.3. The second-order valence-electron chi connectivity index (χ2n) is 7.62. The molecule has 3 atom stereocenters. The van der Waals surface area contributed by atoms with Crippen LogP contribution in [0.2, 0.25) is 5.02 Å². The van der Waals surface area contributed by atoms with Gasteiger partial charge in [0.1, 0.15) is 11.6 Å². The Morgan fingerprint density at radius 1 is 1.21 bits per heavy atom. The van der Waals surface area contributed by atoms with E-state index in [4.69, 9.17) is 21.2 Å². The number of fused-ring (bicyclic) bond motifs is 1. The summed E-state index contributed by atoms with van der Waals surface area (Å²) in [6.45, 7) is 0.0319. The van der Waals surface area contributed by atoms with Crippen LogP contribution >= 0.6 is 11.6 Å². The average Bonchev–Trinajstić information content (AvgIpc) is 3.23. The monoisotopic (exact) mass is 484 g/mol. The minimum atomic E-state index is -4.56. The summed E-state index contributed by atoms with van der Waals surface area (Å²) < 4.78 is 43.4. The summed E-state index contributed by atoms with van der Waals surface area (Å²) in [5.41, 5.74) is -0.172. The second kappa shape index (κ2) is 8.81. The van der Waals surface area contributed by atoms with E-state index in [9.17, 15) is 22.8 Å². The molecular weight excluding hydrogens is 465 g/mol. The molecular formula is C21H20ClF3N4O4. The largest absolute Gasteiger partial charge is 0.497 e. The minimum absolute atomic E-state index is 0.0217. The van der Waals surface area contributed by atoms with Crippen LogP contribution in [0.1, 0.15) is 17.2 Å². The maximum absolute atomic E-state index is 13.1. The standard InChI is InChI=1S/C21H20ClF3N4O4/c1-28-16(11-3-5-13(32-2)6-4-11)15-17(33-28)20(31)29(19(15)30)8-7-26-18-14(22)9-12(10-27-18)21(23,24)25/h3-6,9-10,15-17H,7-8H2,1-2H3,(H,26,27)/t15-,16+,17-/m0/s1. The van der Waals surface area contributed by atoms with E-state index in [0.717, 1.165) is 16.5 Å². The molecule has 3 heterocycles. The SMILES string of the molecule is COc1ccc([C@@H]2[C@@H]3C(=O)N(CCNc4ncc(C(F)(F)F)cc4Cl)C(=O)[C@H]3ON2C)cc1. The van der Waals surface area contributed by atoms with Gasteiger partial charge < -0.3 is 10.1 Å². The third kappa shape index (κ3) is 4.35. The van der Waals surface area contributed by atoms with Crippen molar-refractivity contribution in [2.75, 3.05) is 32.6 Å². The van der Waals surface area contributed by atoms with Gasteiger partial charge in [-0.15, -0.1) is 0 Å². The molecule has 2 saturated heterocycles. The van der Waals surface area contributed by atoms with Crippen molar-refractivity contribution in [3.05, 3.63) is 52.7 Å². The molecule has 1 aromatic heterocycles. The van der Waals surface area contributed by atoms with Crippen molar-refractivity contribution in [2.45, 2.75) is 18.3 Å². The van der Waals surface area contributed by atoms with Crippen molar-refractivity contribution in [1.82, 2.24) is 14.9 Å². The fraction of sp³-hybridized carbons (Fsp3) is 0.381. The molecule has 0 spiro atoms. The lowest BCUT2D eigenvalue weighted by atomic mass is 9.91. The molecule has 8 nitrogen and oxygen atoms in total. The number of alkyl halides is 3. The zero-order valence-electron chi connectivity index (χ0n) is 17.6. The first-order valence-electron chi connectivity index (χ1n) is 9.97. The number of rotatable bonds is 6. The molecule has 0 bridgehead atoms. The normalized spacial score (nSPS) is 23.2. The zero-order valence-corrected chi connectivity index (χ0v) is 18.4. The summed E-state index contributed by atoms with van der Waals surface area (Å²) in [7, 11) is 3.21. The van der Waals surface area contributed by atoms with Crippen LogP contribution in [0.15, 0.2) is 36.5 Å². The number of methoxy groups -OCH3 is 1. The quantitative estimate of drug-likeness (QED) is 0.631. The summed E-state index contributed by atoms with van der Waals surface area (Å²) in [6.07, 6.45) is -4.84.